The summed E-state index contributed by atoms with van der Waals surface area (Å²) in [5.74, 6) is 0.323. The van der Waals surface area contributed by atoms with Gasteiger partial charge < -0.3 is 15.4 Å². The van der Waals surface area contributed by atoms with E-state index in [9.17, 15) is 4.79 Å². The third-order valence-corrected chi connectivity index (χ3v) is 3.15. The molecule has 0 saturated carbocycles. The van der Waals surface area contributed by atoms with Crippen LogP contribution in [0.4, 0.5) is 5.69 Å². The molecule has 1 aliphatic rings. The van der Waals surface area contributed by atoms with Crippen molar-refractivity contribution in [2.75, 3.05) is 31.6 Å². The summed E-state index contributed by atoms with van der Waals surface area (Å²) in [5.41, 5.74) is 1.41. The Balaban J connectivity index is 1.81. The predicted octanol–water partition coefficient (Wildman–Crippen LogP) is 1.67. The molecule has 1 amide bonds. The van der Waals surface area contributed by atoms with Gasteiger partial charge in [0, 0.05) is 25.6 Å². The van der Waals surface area contributed by atoms with Gasteiger partial charge in [-0.2, -0.15) is 0 Å². The van der Waals surface area contributed by atoms with Gasteiger partial charge in [-0.15, -0.1) is 0 Å². The van der Waals surface area contributed by atoms with Crippen LogP contribution in [0.1, 0.15) is 30.3 Å². The first kappa shape index (κ1) is 13.8. The molecule has 5 nitrogen and oxygen atoms in total. The minimum atomic E-state index is -0.117. The summed E-state index contributed by atoms with van der Waals surface area (Å²) in [5, 5.41) is 6.13. The third-order valence-electron chi connectivity index (χ3n) is 3.15. The minimum absolute atomic E-state index is 0.117. The molecular weight excluding hydrogens is 242 g/mol. The van der Waals surface area contributed by atoms with Crippen molar-refractivity contribution in [3.05, 3.63) is 24.0 Å². The van der Waals surface area contributed by atoms with Gasteiger partial charge in [-0.1, -0.05) is 6.92 Å². The molecule has 1 fully saturated rings. The number of nitrogens with zero attached hydrogens (tertiary/aromatic N) is 1. The number of hydrogen-bond donors (Lipinski definition) is 2. The van der Waals surface area contributed by atoms with Gasteiger partial charge in [0.05, 0.1) is 18.5 Å². The highest BCUT2D eigenvalue weighted by Crippen LogP contribution is 2.11. The molecule has 1 aromatic rings. The number of anilines is 1. The topological polar surface area (TPSA) is 63.2 Å². The largest absolute Gasteiger partial charge is 0.384 e. The Bertz CT molecular complexity index is 400. The standard InChI is InChI=1S/C14H21N3O2/c1-2-6-15-12-3-4-13(16-9-12)14(18)17-8-11-5-7-19-10-11/h3-4,9,11,15H,2,5-8,10H2,1H3,(H,17,18). The first-order valence-corrected chi connectivity index (χ1v) is 6.85. The molecule has 2 N–H and O–H groups in total. The van der Waals surface area contributed by atoms with Gasteiger partial charge in [0.15, 0.2) is 0 Å². The number of hydrogen-bond acceptors (Lipinski definition) is 4. The maximum absolute atomic E-state index is 11.9. The molecule has 0 bridgehead atoms. The average Bonchev–Trinajstić information content (AvgIpc) is 2.96. The fraction of sp³-hybridized carbons (Fsp3) is 0.571. The number of nitrogens with one attached hydrogen (secondary N) is 2. The summed E-state index contributed by atoms with van der Waals surface area (Å²) in [7, 11) is 0. The number of rotatable bonds is 6. The minimum Gasteiger partial charge on any atom is -0.384 e. The van der Waals surface area contributed by atoms with E-state index in [0.717, 1.165) is 38.3 Å². The lowest BCUT2D eigenvalue weighted by Crippen LogP contribution is -2.30. The first-order valence-electron chi connectivity index (χ1n) is 6.85. The highest BCUT2D eigenvalue weighted by Gasteiger charge is 2.17. The molecule has 0 radical (unpaired) electrons. The molecule has 0 aromatic carbocycles. The lowest BCUT2D eigenvalue weighted by Gasteiger charge is -2.09. The van der Waals surface area contributed by atoms with Crippen LogP contribution in [-0.4, -0.2) is 37.2 Å². The van der Waals surface area contributed by atoms with Crippen molar-refractivity contribution < 1.29 is 9.53 Å². The van der Waals surface area contributed by atoms with Gasteiger partial charge in [-0.25, -0.2) is 4.98 Å². The van der Waals surface area contributed by atoms with Crippen molar-refractivity contribution in [1.82, 2.24) is 10.3 Å². The molecule has 1 unspecified atom stereocenters. The molecule has 2 rings (SSSR count). The summed E-state index contributed by atoms with van der Waals surface area (Å²) in [6.07, 6.45) is 3.78. The normalized spacial score (nSPS) is 18.3. The third kappa shape index (κ3) is 4.21. The van der Waals surface area contributed by atoms with E-state index in [1.807, 2.05) is 6.07 Å². The van der Waals surface area contributed by atoms with Crippen LogP contribution in [-0.2, 0) is 4.74 Å². The van der Waals surface area contributed by atoms with Crippen molar-refractivity contribution in [2.24, 2.45) is 5.92 Å². The van der Waals surface area contributed by atoms with Gasteiger partial charge in [0.2, 0.25) is 0 Å². The van der Waals surface area contributed by atoms with E-state index in [4.69, 9.17) is 4.74 Å². The zero-order valence-corrected chi connectivity index (χ0v) is 11.3. The number of aromatic nitrogens is 1. The predicted molar refractivity (Wildman–Crippen MR) is 74.3 cm³/mol. The molecule has 104 valence electrons. The van der Waals surface area contributed by atoms with Crippen molar-refractivity contribution >= 4 is 11.6 Å². The van der Waals surface area contributed by atoms with E-state index in [1.165, 1.54) is 0 Å². The number of carbonyl (C=O) groups is 1. The number of amides is 1. The van der Waals surface area contributed by atoms with E-state index >= 15 is 0 Å². The van der Waals surface area contributed by atoms with E-state index in [1.54, 1.807) is 12.3 Å². The van der Waals surface area contributed by atoms with Crippen LogP contribution in [0.15, 0.2) is 18.3 Å². The highest BCUT2D eigenvalue weighted by molar-refractivity contribution is 5.92. The summed E-state index contributed by atoms with van der Waals surface area (Å²) in [6.45, 7) is 5.23. The second kappa shape index (κ2) is 7.09. The Kier molecular flexibility index (Phi) is 5.15. The highest BCUT2D eigenvalue weighted by atomic mass is 16.5. The van der Waals surface area contributed by atoms with Crippen LogP contribution >= 0.6 is 0 Å². The lowest BCUT2D eigenvalue weighted by atomic mass is 10.1. The van der Waals surface area contributed by atoms with Crippen molar-refractivity contribution in [1.29, 1.82) is 0 Å². The Morgan fingerprint density at radius 3 is 3.05 bits per heavy atom. The number of ether oxygens (including phenoxy) is 1. The molecular formula is C14H21N3O2. The summed E-state index contributed by atoms with van der Waals surface area (Å²) in [6, 6.07) is 3.63. The SMILES string of the molecule is CCCNc1ccc(C(=O)NCC2CCOC2)nc1. The van der Waals surface area contributed by atoms with Gasteiger partial charge in [-0.3, -0.25) is 4.79 Å². The Labute approximate surface area is 113 Å². The first-order chi connectivity index (χ1) is 9.29. The quantitative estimate of drug-likeness (QED) is 0.819. The molecule has 2 heterocycles. The van der Waals surface area contributed by atoms with Gasteiger partial charge in [0.25, 0.3) is 5.91 Å². The molecule has 5 heteroatoms. The summed E-state index contributed by atoms with van der Waals surface area (Å²) < 4.78 is 5.27. The summed E-state index contributed by atoms with van der Waals surface area (Å²) in [4.78, 5) is 16.1. The maximum Gasteiger partial charge on any atom is 0.269 e. The van der Waals surface area contributed by atoms with E-state index in [2.05, 4.69) is 22.5 Å². The molecule has 1 atom stereocenters. The lowest BCUT2D eigenvalue weighted by molar-refractivity contribution is 0.0940. The zero-order valence-electron chi connectivity index (χ0n) is 11.3. The second-order valence-electron chi connectivity index (χ2n) is 4.80. The van der Waals surface area contributed by atoms with E-state index in [-0.39, 0.29) is 5.91 Å². The smallest absolute Gasteiger partial charge is 0.269 e. The van der Waals surface area contributed by atoms with E-state index in [0.29, 0.717) is 18.2 Å². The molecule has 0 spiro atoms. The van der Waals surface area contributed by atoms with Crippen LogP contribution in [0.25, 0.3) is 0 Å². The summed E-state index contributed by atoms with van der Waals surface area (Å²) >= 11 is 0. The molecule has 19 heavy (non-hydrogen) atoms. The van der Waals surface area contributed by atoms with Crippen LogP contribution in [0.5, 0.6) is 0 Å². The number of pyridine rings is 1. The zero-order chi connectivity index (χ0) is 13.5. The Morgan fingerprint density at radius 1 is 1.53 bits per heavy atom. The van der Waals surface area contributed by atoms with Crippen molar-refractivity contribution in [3.8, 4) is 0 Å². The molecule has 1 saturated heterocycles. The van der Waals surface area contributed by atoms with Crippen molar-refractivity contribution in [3.63, 3.8) is 0 Å². The molecule has 1 aliphatic heterocycles. The van der Waals surface area contributed by atoms with Crippen LogP contribution < -0.4 is 10.6 Å². The van der Waals surface area contributed by atoms with Crippen molar-refractivity contribution in [2.45, 2.75) is 19.8 Å². The van der Waals surface area contributed by atoms with Gasteiger partial charge in [-0.05, 0) is 25.0 Å². The fourth-order valence-corrected chi connectivity index (χ4v) is 1.97. The van der Waals surface area contributed by atoms with Gasteiger partial charge >= 0.3 is 0 Å². The maximum atomic E-state index is 11.9. The van der Waals surface area contributed by atoms with E-state index < -0.39 is 0 Å². The van der Waals surface area contributed by atoms with Gasteiger partial charge in [0.1, 0.15) is 5.69 Å². The number of carbonyl (C=O) groups excluding carboxylic acids is 1. The average molecular weight is 263 g/mol. The molecule has 0 aliphatic carbocycles. The monoisotopic (exact) mass is 263 g/mol. The Morgan fingerprint density at radius 2 is 2.42 bits per heavy atom. The van der Waals surface area contributed by atoms with Crippen LogP contribution in [0, 0.1) is 5.92 Å². The fourth-order valence-electron chi connectivity index (χ4n) is 1.97. The second-order valence-corrected chi connectivity index (χ2v) is 4.80. The van der Waals surface area contributed by atoms with Crippen LogP contribution in [0.3, 0.4) is 0 Å². The van der Waals surface area contributed by atoms with Crippen LogP contribution in [0.2, 0.25) is 0 Å². The Hall–Kier alpha value is -1.62. The molecule has 1 aromatic heterocycles.